The number of nitrogens with one attached hydrogen (secondary N) is 1. The van der Waals surface area contributed by atoms with E-state index < -0.39 is 0 Å². The average molecular weight is 363 g/mol. The van der Waals surface area contributed by atoms with Crippen LogP contribution in [0.4, 0.5) is 0 Å². The van der Waals surface area contributed by atoms with Crippen molar-refractivity contribution < 1.29 is 10.2 Å². The maximum absolute atomic E-state index is 10.2. The average Bonchev–Trinajstić information content (AvgIpc) is 2.99. The first-order valence-corrected chi connectivity index (χ1v) is 7.64. The molecule has 22 heavy (non-hydrogen) atoms. The van der Waals surface area contributed by atoms with E-state index in [1.165, 1.54) is 10.9 Å². The summed E-state index contributed by atoms with van der Waals surface area (Å²) in [5.74, 6) is -0.0661. The van der Waals surface area contributed by atoms with Crippen molar-refractivity contribution in [2.45, 2.75) is 6.04 Å². The smallest absolute Gasteiger partial charge is 0.162 e. The first kappa shape index (κ1) is 19.1. The molecule has 4 nitrogen and oxygen atoms in total. The molecule has 1 aromatic carbocycles. The van der Waals surface area contributed by atoms with Gasteiger partial charge in [-0.25, -0.2) is 0 Å². The highest BCUT2D eigenvalue weighted by Crippen LogP contribution is 2.40. The molecule has 0 aliphatic carbocycles. The molecule has 1 aliphatic rings. The SMILES string of the molecule is Cl.Cl.Oc1cccc([C@@H](c2cccs2)N2CCNCC2)c1O. The van der Waals surface area contributed by atoms with Gasteiger partial charge in [0.2, 0.25) is 0 Å². The molecule has 1 atom stereocenters. The Morgan fingerprint density at radius 1 is 1.05 bits per heavy atom. The molecule has 1 aliphatic heterocycles. The molecule has 122 valence electrons. The van der Waals surface area contributed by atoms with Gasteiger partial charge >= 0.3 is 0 Å². The third-order valence-corrected chi connectivity index (χ3v) is 4.59. The second kappa shape index (κ2) is 8.60. The molecule has 3 N–H and O–H groups in total. The van der Waals surface area contributed by atoms with Crippen LogP contribution < -0.4 is 5.32 Å². The van der Waals surface area contributed by atoms with Crippen molar-refractivity contribution in [3.8, 4) is 11.5 Å². The molecular weight excluding hydrogens is 343 g/mol. The van der Waals surface area contributed by atoms with Gasteiger partial charge in [0.05, 0.1) is 6.04 Å². The number of aromatic hydroxyl groups is 2. The monoisotopic (exact) mass is 362 g/mol. The van der Waals surface area contributed by atoms with Gasteiger partial charge in [-0.3, -0.25) is 4.90 Å². The number of thiophene rings is 1. The van der Waals surface area contributed by atoms with Gasteiger partial charge in [0.25, 0.3) is 0 Å². The zero-order valence-corrected chi connectivity index (χ0v) is 14.4. The second-order valence-corrected chi connectivity index (χ2v) is 5.90. The van der Waals surface area contributed by atoms with Crippen LogP contribution in [0.15, 0.2) is 35.7 Å². The molecule has 1 fully saturated rings. The van der Waals surface area contributed by atoms with Crippen LogP contribution in [0.5, 0.6) is 11.5 Å². The van der Waals surface area contributed by atoms with Crippen molar-refractivity contribution in [3.63, 3.8) is 0 Å². The Kier molecular flexibility index (Phi) is 7.45. The zero-order valence-electron chi connectivity index (χ0n) is 11.9. The fraction of sp³-hybridized carbons (Fsp3) is 0.333. The molecule has 0 saturated carbocycles. The van der Waals surface area contributed by atoms with Gasteiger partial charge in [-0.2, -0.15) is 0 Å². The number of para-hydroxylation sites is 1. The summed E-state index contributed by atoms with van der Waals surface area (Å²) in [6, 6.07) is 9.30. The number of rotatable bonds is 3. The fourth-order valence-electron chi connectivity index (χ4n) is 2.69. The maximum Gasteiger partial charge on any atom is 0.162 e. The van der Waals surface area contributed by atoms with Crippen LogP contribution in [0.2, 0.25) is 0 Å². The zero-order chi connectivity index (χ0) is 13.9. The van der Waals surface area contributed by atoms with Gasteiger partial charge in [0.1, 0.15) is 0 Å². The summed E-state index contributed by atoms with van der Waals surface area (Å²) in [6.45, 7) is 3.75. The fourth-order valence-corrected chi connectivity index (χ4v) is 3.56. The lowest BCUT2D eigenvalue weighted by Crippen LogP contribution is -2.45. The van der Waals surface area contributed by atoms with Crippen molar-refractivity contribution in [1.82, 2.24) is 10.2 Å². The van der Waals surface area contributed by atoms with Crippen molar-refractivity contribution in [1.29, 1.82) is 0 Å². The van der Waals surface area contributed by atoms with Crippen LogP contribution in [0, 0.1) is 0 Å². The first-order valence-electron chi connectivity index (χ1n) is 6.76. The van der Waals surface area contributed by atoms with Gasteiger partial charge in [-0.1, -0.05) is 18.2 Å². The molecule has 0 bridgehead atoms. The van der Waals surface area contributed by atoms with Crippen molar-refractivity contribution in [3.05, 3.63) is 46.2 Å². The normalized spacial score (nSPS) is 16.4. The van der Waals surface area contributed by atoms with E-state index in [4.69, 9.17) is 0 Å². The minimum Gasteiger partial charge on any atom is -0.504 e. The van der Waals surface area contributed by atoms with Crippen LogP contribution in [-0.2, 0) is 0 Å². The van der Waals surface area contributed by atoms with E-state index in [9.17, 15) is 10.2 Å². The number of piperazine rings is 1. The maximum atomic E-state index is 10.2. The molecule has 3 rings (SSSR count). The lowest BCUT2D eigenvalue weighted by Gasteiger charge is -2.35. The highest BCUT2D eigenvalue weighted by molar-refractivity contribution is 7.10. The van der Waals surface area contributed by atoms with Crippen LogP contribution in [0.1, 0.15) is 16.5 Å². The van der Waals surface area contributed by atoms with E-state index >= 15 is 0 Å². The Hall–Kier alpha value is -0.980. The molecule has 1 aromatic heterocycles. The highest BCUT2D eigenvalue weighted by Gasteiger charge is 2.27. The summed E-state index contributed by atoms with van der Waals surface area (Å²) in [5.41, 5.74) is 0.773. The van der Waals surface area contributed by atoms with Gasteiger partial charge in [0, 0.05) is 36.6 Å². The number of phenolic OH excluding ortho intramolecular Hbond substituents is 2. The Bertz CT molecular complexity index is 575. The van der Waals surface area contributed by atoms with Crippen molar-refractivity contribution in [2.24, 2.45) is 0 Å². The summed E-state index contributed by atoms with van der Waals surface area (Å²) in [6.07, 6.45) is 0. The molecule has 1 saturated heterocycles. The molecule has 2 aromatic rings. The molecule has 0 radical (unpaired) electrons. The van der Waals surface area contributed by atoms with Crippen LogP contribution in [0.3, 0.4) is 0 Å². The summed E-state index contributed by atoms with van der Waals surface area (Å²) >= 11 is 1.68. The second-order valence-electron chi connectivity index (χ2n) is 4.92. The molecule has 2 heterocycles. The minimum atomic E-state index is -0.0563. The largest absolute Gasteiger partial charge is 0.504 e. The Morgan fingerprint density at radius 2 is 1.77 bits per heavy atom. The number of hydrogen-bond acceptors (Lipinski definition) is 5. The van der Waals surface area contributed by atoms with E-state index in [0.29, 0.717) is 0 Å². The topological polar surface area (TPSA) is 55.7 Å². The number of phenols is 2. The minimum absolute atomic E-state index is 0. The molecule has 7 heteroatoms. The van der Waals surface area contributed by atoms with Crippen LogP contribution in [0.25, 0.3) is 0 Å². The molecule has 0 unspecified atom stereocenters. The molecule has 0 amide bonds. The quantitative estimate of drug-likeness (QED) is 0.734. The van der Waals surface area contributed by atoms with E-state index in [1.807, 2.05) is 17.5 Å². The third-order valence-electron chi connectivity index (χ3n) is 3.67. The predicted molar refractivity (Wildman–Crippen MR) is 94.9 cm³/mol. The predicted octanol–water partition coefficient (Wildman–Crippen LogP) is 3.00. The number of benzene rings is 1. The van der Waals surface area contributed by atoms with Crippen molar-refractivity contribution in [2.75, 3.05) is 26.2 Å². The van der Waals surface area contributed by atoms with Crippen molar-refractivity contribution >= 4 is 36.2 Å². The van der Waals surface area contributed by atoms with E-state index in [-0.39, 0.29) is 42.4 Å². The van der Waals surface area contributed by atoms with Crippen LogP contribution in [-0.4, -0.2) is 41.3 Å². The summed E-state index contributed by atoms with van der Waals surface area (Å²) in [7, 11) is 0. The summed E-state index contributed by atoms with van der Waals surface area (Å²) in [5, 5.41) is 25.4. The van der Waals surface area contributed by atoms with Gasteiger partial charge in [-0.05, 0) is 17.5 Å². The van der Waals surface area contributed by atoms with E-state index in [1.54, 1.807) is 17.4 Å². The molecule has 0 spiro atoms. The Balaban J connectivity index is 0.00000121. The first-order chi connectivity index (χ1) is 9.77. The summed E-state index contributed by atoms with van der Waals surface area (Å²) in [4.78, 5) is 3.53. The van der Waals surface area contributed by atoms with Gasteiger partial charge in [-0.15, -0.1) is 36.2 Å². The highest BCUT2D eigenvalue weighted by atomic mass is 35.5. The number of halogens is 2. The van der Waals surface area contributed by atoms with E-state index in [2.05, 4.69) is 16.3 Å². The lowest BCUT2D eigenvalue weighted by atomic mass is 10.0. The summed E-state index contributed by atoms with van der Waals surface area (Å²) < 4.78 is 0. The standard InChI is InChI=1S/C15H18N2O2S.2ClH/c18-12-4-1-3-11(15(12)19)14(13-5-2-10-20-13)17-8-6-16-7-9-17;;/h1-5,10,14,16,18-19H,6-9H2;2*1H/t14-;;/m0../s1. The Labute approximate surface area is 146 Å². The van der Waals surface area contributed by atoms with Crippen LogP contribution >= 0.6 is 36.2 Å². The molecular formula is C15H20Cl2N2O2S. The van der Waals surface area contributed by atoms with E-state index in [0.717, 1.165) is 31.7 Å². The third kappa shape index (κ3) is 3.86. The van der Waals surface area contributed by atoms with Gasteiger partial charge < -0.3 is 15.5 Å². The lowest BCUT2D eigenvalue weighted by molar-refractivity contribution is 0.197. The number of nitrogens with zero attached hydrogens (tertiary/aromatic N) is 1. The Morgan fingerprint density at radius 3 is 2.41 bits per heavy atom. The van der Waals surface area contributed by atoms with Gasteiger partial charge in [0.15, 0.2) is 11.5 Å². The number of hydrogen-bond donors (Lipinski definition) is 3.